The van der Waals surface area contributed by atoms with Crippen LogP contribution in [-0.2, 0) is 6.54 Å². The number of benzene rings is 1. The van der Waals surface area contributed by atoms with E-state index in [2.05, 4.69) is 25.8 Å². The minimum atomic E-state index is -0.0627. The Morgan fingerprint density at radius 2 is 2.04 bits per heavy atom. The average Bonchev–Trinajstić information content (AvgIpc) is 3.36. The Bertz CT molecular complexity index is 645. The van der Waals surface area contributed by atoms with Crippen LogP contribution in [0.1, 0.15) is 48.0 Å². The number of carbonyl (C=O) groups excluding carboxylic acids is 1. The van der Waals surface area contributed by atoms with Gasteiger partial charge in [-0.15, -0.1) is 24.0 Å². The molecule has 2 fully saturated rings. The second kappa shape index (κ2) is 10.8. The van der Waals surface area contributed by atoms with Crippen molar-refractivity contribution < 1.29 is 4.79 Å². The summed E-state index contributed by atoms with van der Waals surface area (Å²) in [5.74, 6) is 0.765. The smallest absolute Gasteiger partial charge is 0.251 e. The predicted octanol–water partition coefficient (Wildman–Crippen LogP) is 2.35. The molecule has 0 spiro atoms. The van der Waals surface area contributed by atoms with Crippen molar-refractivity contribution in [2.75, 3.05) is 27.2 Å². The molecule has 1 heterocycles. The first-order chi connectivity index (χ1) is 12.7. The second-order valence-electron chi connectivity index (χ2n) is 7.27. The molecule has 1 saturated carbocycles. The molecule has 0 radical (unpaired) electrons. The molecular weight excluding hydrogens is 453 g/mol. The number of nitrogens with zero attached hydrogens (tertiary/aromatic N) is 2. The first kappa shape index (κ1) is 21.9. The highest BCUT2D eigenvalue weighted by atomic mass is 127. The number of hydrogen-bond acceptors (Lipinski definition) is 3. The number of aliphatic imine (C=N–C) groups is 1. The summed E-state index contributed by atoms with van der Waals surface area (Å²) in [6.45, 7) is 2.94. The van der Waals surface area contributed by atoms with Crippen LogP contribution in [0.5, 0.6) is 0 Å². The molecule has 0 bridgehead atoms. The third-order valence-electron chi connectivity index (χ3n) is 5.50. The number of hydrogen-bond donors (Lipinski definition) is 3. The third kappa shape index (κ3) is 6.07. The first-order valence-corrected chi connectivity index (χ1v) is 9.72. The molecule has 2 aliphatic rings. The zero-order valence-corrected chi connectivity index (χ0v) is 18.7. The van der Waals surface area contributed by atoms with Crippen LogP contribution in [0.25, 0.3) is 0 Å². The minimum Gasteiger partial charge on any atom is -0.355 e. The Labute approximate surface area is 179 Å². The molecule has 0 aromatic heterocycles. The molecule has 1 unspecified atom stereocenters. The van der Waals surface area contributed by atoms with E-state index in [1.54, 1.807) is 14.1 Å². The molecule has 1 atom stereocenters. The molecule has 1 saturated heterocycles. The van der Waals surface area contributed by atoms with E-state index >= 15 is 0 Å². The van der Waals surface area contributed by atoms with E-state index in [1.165, 1.54) is 38.6 Å². The number of guanidine groups is 1. The van der Waals surface area contributed by atoms with E-state index in [4.69, 9.17) is 0 Å². The third-order valence-corrected chi connectivity index (χ3v) is 5.50. The van der Waals surface area contributed by atoms with Crippen molar-refractivity contribution in [2.24, 2.45) is 4.99 Å². The van der Waals surface area contributed by atoms with Gasteiger partial charge in [0.05, 0.1) is 0 Å². The zero-order chi connectivity index (χ0) is 18.4. The Kier molecular flexibility index (Phi) is 8.82. The van der Waals surface area contributed by atoms with Gasteiger partial charge in [0.2, 0.25) is 0 Å². The molecule has 3 N–H and O–H groups in total. The van der Waals surface area contributed by atoms with E-state index in [0.717, 1.165) is 24.1 Å². The highest BCUT2D eigenvalue weighted by Gasteiger charge is 2.30. The Morgan fingerprint density at radius 3 is 2.74 bits per heavy atom. The van der Waals surface area contributed by atoms with Crippen molar-refractivity contribution in [1.82, 2.24) is 20.9 Å². The number of halogens is 1. The maximum absolute atomic E-state index is 11.8. The van der Waals surface area contributed by atoms with Crippen molar-refractivity contribution in [2.45, 2.75) is 50.7 Å². The van der Waals surface area contributed by atoms with Crippen molar-refractivity contribution in [3.63, 3.8) is 0 Å². The Morgan fingerprint density at radius 1 is 1.26 bits per heavy atom. The molecule has 7 heteroatoms. The first-order valence-electron chi connectivity index (χ1n) is 9.72. The minimum absolute atomic E-state index is 0. The fourth-order valence-electron chi connectivity index (χ4n) is 4.05. The molecule has 6 nitrogen and oxygen atoms in total. The summed E-state index contributed by atoms with van der Waals surface area (Å²) >= 11 is 0. The highest BCUT2D eigenvalue weighted by Crippen LogP contribution is 2.26. The van der Waals surface area contributed by atoms with E-state index in [9.17, 15) is 4.79 Å². The summed E-state index contributed by atoms with van der Waals surface area (Å²) < 4.78 is 0. The van der Waals surface area contributed by atoms with Crippen molar-refractivity contribution >= 4 is 35.8 Å². The molecule has 150 valence electrons. The maximum atomic E-state index is 11.8. The standard InChI is InChI=1S/C20H31N5O.HI/c1-21-19(26)16-7-5-6-15(12-16)13-23-20(22-2)24-17-10-11-25(14-17)18-8-3-4-9-18;/h5-7,12,17-18H,3-4,8-11,13-14H2,1-2H3,(H,21,26)(H2,22,23,24);1H. The van der Waals surface area contributed by atoms with E-state index in [0.29, 0.717) is 18.2 Å². The lowest BCUT2D eigenvalue weighted by atomic mass is 10.1. The van der Waals surface area contributed by atoms with Gasteiger partial charge in [-0.1, -0.05) is 25.0 Å². The number of likely N-dealkylation sites (tertiary alicyclic amines) is 1. The summed E-state index contributed by atoms with van der Waals surface area (Å²) in [5, 5.41) is 9.59. The van der Waals surface area contributed by atoms with Gasteiger partial charge in [0.25, 0.3) is 5.91 Å². The summed E-state index contributed by atoms with van der Waals surface area (Å²) in [6.07, 6.45) is 6.67. The highest BCUT2D eigenvalue weighted by molar-refractivity contribution is 14.0. The predicted molar refractivity (Wildman–Crippen MR) is 121 cm³/mol. The molecule has 1 aromatic rings. The lowest BCUT2D eigenvalue weighted by Gasteiger charge is -2.24. The molecule has 27 heavy (non-hydrogen) atoms. The van der Waals surface area contributed by atoms with Crippen LogP contribution < -0.4 is 16.0 Å². The quantitative estimate of drug-likeness (QED) is 0.340. The molecular formula is C20H32IN5O. The van der Waals surface area contributed by atoms with Gasteiger partial charge in [0.1, 0.15) is 0 Å². The zero-order valence-electron chi connectivity index (χ0n) is 16.3. The van der Waals surface area contributed by atoms with E-state index < -0.39 is 0 Å². The maximum Gasteiger partial charge on any atom is 0.251 e. The van der Waals surface area contributed by atoms with Crippen LogP contribution in [0.15, 0.2) is 29.3 Å². The van der Waals surface area contributed by atoms with Crippen molar-refractivity contribution in [3.05, 3.63) is 35.4 Å². The molecule has 1 aromatic carbocycles. The van der Waals surface area contributed by atoms with E-state index in [-0.39, 0.29) is 29.9 Å². The van der Waals surface area contributed by atoms with Crippen LogP contribution in [0.2, 0.25) is 0 Å². The van der Waals surface area contributed by atoms with Gasteiger partial charge in [-0.25, -0.2) is 0 Å². The fourth-order valence-corrected chi connectivity index (χ4v) is 4.05. The van der Waals surface area contributed by atoms with Gasteiger partial charge < -0.3 is 16.0 Å². The van der Waals surface area contributed by atoms with Crippen LogP contribution in [0, 0.1) is 0 Å². The number of nitrogens with one attached hydrogen (secondary N) is 3. The van der Waals surface area contributed by atoms with Gasteiger partial charge in [-0.3, -0.25) is 14.7 Å². The van der Waals surface area contributed by atoms with E-state index in [1.807, 2.05) is 24.3 Å². The normalized spacial score (nSPS) is 21.0. The topological polar surface area (TPSA) is 68.8 Å². The molecule has 3 rings (SSSR count). The number of rotatable bonds is 5. The molecule has 1 aliphatic carbocycles. The number of carbonyl (C=O) groups is 1. The van der Waals surface area contributed by atoms with Crippen LogP contribution in [-0.4, -0.2) is 56.0 Å². The summed E-state index contributed by atoms with van der Waals surface area (Å²) in [4.78, 5) is 18.8. The van der Waals surface area contributed by atoms with Gasteiger partial charge in [0.15, 0.2) is 5.96 Å². The van der Waals surface area contributed by atoms with Crippen LogP contribution in [0.4, 0.5) is 0 Å². The summed E-state index contributed by atoms with van der Waals surface area (Å²) in [7, 11) is 3.45. The number of amides is 1. The monoisotopic (exact) mass is 485 g/mol. The second-order valence-corrected chi connectivity index (χ2v) is 7.27. The molecule has 1 amide bonds. The van der Waals surface area contributed by atoms with Gasteiger partial charge in [0, 0.05) is 51.4 Å². The van der Waals surface area contributed by atoms with Crippen molar-refractivity contribution in [3.8, 4) is 0 Å². The van der Waals surface area contributed by atoms with Crippen LogP contribution in [0.3, 0.4) is 0 Å². The van der Waals surface area contributed by atoms with Gasteiger partial charge >= 0.3 is 0 Å². The van der Waals surface area contributed by atoms with Gasteiger partial charge in [-0.05, 0) is 37.0 Å². The molecule has 1 aliphatic heterocycles. The average molecular weight is 485 g/mol. The summed E-state index contributed by atoms with van der Waals surface area (Å²) in [6, 6.07) is 8.92. The SMILES string of the molecule is CN=C(NCc1cccc(C(=O)NC)c1)NC1CCN(C2CCCC2)C1.I. The Balaban J connectivity index is 0.00000261. The fraction of sp³-hybridized carbons (Fsp3) is 0.600. The summed E-state index contributed by atoms with van der Waals surface area (Å²) in [5.41, 5.74) is 1.74. The lowest BCUT2D eigenvalue weighted by Crippen LogP contribution is -2.45. The lowest BCUT2D eigenvalue weighted by molar-refractivity contribution is 0.0963. The largest absolute Gasteiger partial charge is 0.355 e. The van der Waals surface area contributed by atoms with Crippen LogP contribution >= 0.6 is 24.0 Å². The van der Waals surface area contributed by atoms with Crippen molar-refractivity contribution in [1.29, 1.82) is 0 Å². The Hall–Kier alpha value is -1.35. The van der Waals surface area contributed by atoms with Gasteiger partial charge in [-0.2, -0.15) is 0 Å².